The van der Waals surface area contributed by atoms with Crippen molar-refractivity contribution < 1.29 is 14.2 Å². The fourth-order valence-corrected chi connectivity index (χ4v) is 3.52. The highest BCUT2D eigenvalue weighted by atomic mass is 35.5. The molecule has 4 rings (SSSR count). The molecule has 4 aromatic rings. The molecule has 0 aliphatic heterocycles. The maximum atomic E-state index is 9.25. The van der Waals surface area contributed by atoms with E-state index in [-0.39, 0.29) is 18.3 Å². The molecule has 36 heavy (non-hydrogen) atoms. The van der Waals surface area contributed by atoms with Gasteiger partial charge in [-0.25, -0.2) is 0 Å². The lowest BCUT2D eigenvalue weighted by Crippen LogP contribution is -2.05. The molecular weight excluding hydrogens is 480 g/mol. The van der Waals surface area contributed by atoms with Crippen molar-refractivity contribution in [3.63, 3.8) is 0 Å². The number of anilines is 3. The number of ether oxygens (including phenoxy) is 3. The first kappa shape index (κ1) is 25.9. The van der Waals surface area contributed by atoms with E-state index in [0.29, 0.717) is 46.7 Å². The summed E-state index contributed by atoms with van der Waals surface area (Å²) in [5.41, 5.74) is 1.80. The van der Waals surface area contributed by atoms with Crippen molar-refractivity contribution in [1.29, 1.82) is 10.5 Å². The third kappa shape index (κ3) is 5.49. The largest absolute Gasteiger partial charge is 0.493 e. The van der Waals surface area contributed by atoms with Gasteiger partial charge in [0.1, 0.15) is 5.82 Å². The van der Waals surface area contributed by atoms with Gasteiger partial charge in [-0.3, -0.25) is 0 Å². The molecule has 3 aromatic carbocycles. The van der Waals surface area contributed by atoms with Crippen LogP contribution in [0.5, 0.6) is 23.1 Å². The van der Waals surface area contributed by atoms with Crippen molar-refractivity contribution in [3.05, 3.63) is 65.7 Å². The van der Waals surface area contributed by atoms with Crippen molar-refractivity contribution in [2.75, 3.05) is 31.4 Å². The Labute approximate surface area is 214 Å². The van der Waals surface area contributed by atoms with Crippen molar-refractivity contribution >= 4 is 40.6 Å². The third-order valence-electron chi connectivity index (χ3n) is 5.10. The van der Waals surface area contributed by atoms with Crippen molar-refractivity contribution in [2.24, 2.45) is 0 Å². The number of rotatable bonds is 8. The number of hydrogen-bond donors (Lipinski definition) is 2. The second-order valence-electron chi connectivity index (χ2n) is 7.35. The lowest BCUT2D eigenvalue weighted by Gasteiger charge is -2.17. The van der Waals surface area contributed by atoms with E-state index in [2.05, 4.69) is 32.7 Å². The van der Waals surface area contributed by atoms with Gasteiger partial charge >= 0.3 is 0 Å². The minimum Gasteiger partial charge on any atom is -0.493 e. The molecule has 0 fully saturated rings. The van der Waals surface area contributed by atoms with E-state index < -0.39 is 0 Å². The number of nitrogens with one attached hydrogen (secondary N) is 2. The van der Waals surface area contributed by atoms with Crippen LogP contribution in [0.4, 0.5) is 17.5 Å². The highest BCUT2D eigenvalue weighted by molar-refractivity contribution is 5.94. The van der Waals surface area contributed by atoms with E-state index in [4.69, 9.17) is 19.5 Å². The zero-order valence-electron chi connectivity index (χ0n) is 19.8. The number of halogens is 1. The molecule has 0 unspecified atom stereocenters. The predicted molar refractivity (Wildman–Crippen MR) is 140 cm³/mol. The fourth-order valence-electron chi connectivity index (χ4n) is 3.52. The molecular formula is C26H23ClN6O3. The highest BCUT2D eigenvalue weighted by Crippen LogP contribution is 2.45. The molecule has 0 radical (unpaired) electrons. The first-order valence-electron chi connectivity index (χ1n) is 10.7. The van der Waals surface area contributed by atoms with Gasteiger partial charge in [0.2, 0.25) is 17.6 Å². The molecule has 0 spiro atoms. The Morgan fingerprint density at radius 1 is 0.861 bits per heavy atom. The zero-order chi connectivity index (χ0) is 24.8. The molecule has 0 saturated carbocycles. The van der Waals surface area contributed by atoms with Crippen LogP contribution in [0, 0.1) is 22.7 Å². The molecule has 10 heteroatoms. The van der Waals surface area contributed by atoms with Crippen LogP contribution in [0.3, 0.4) is 0 Å². The number of fused-ring (bicyclic) bond motifs is 1. The van der Waals surface area contributed by atoms with E-state index in [1.807, 2.05) is 6.92 Å². The van der Waals surface area contributed by atoms with Gasteiger partial charge in [0.25, 0.3) is 0 Å². The van der Waals surface area contributed by atoms with Crippen LogP contribution in [0.1, 0.15) is 18.1 Å². The van der Waals surface area contributed by atoms with Crippen LogP contribution >= 0.6 is 12.4 Å². The molecule has 182 valence electrons. The van der Waals surface area contributed by atoms with Crippen LogP contribution in [-0.2, 0) is 0 Å². The molecule has 1 heterocycles. The Hall–Kier alpha value is -4.73. The van der Waals surface area contributed by atoms with Gasteiger partial charge in [0.05, 0.1) is 37.5 Å². The monoisotopic (exact) mass is 502 g/mol. The smallest absolute Gasteiger partial charge is 0.232 e. The summed E-state index contributed by atoms with van der Waals surface area (Å²) in [5.74, 6) is 2.35. The maximum absolute atomic E-state index is 9.25. The molecule has 0 aliphatic rings. The number of hydrogen-bond acceptors (Lipinski definition) is 9. The fraction of sp³-hybridized carbons (Fsp3) is 0.154. The molecule has 0 atom stereocenters. The van der Waals surface area contributed by atoms with Crippen molar-refractivity contribution in [3.8, 4) is 35.3 Å². The Bertz CT molecular complexity index is 1460. The van der Waals surface area contributed by atoms with Gasteiger partial charge in [0, 0.05) is 23.7 Å². The van der Waals surface area contributed by atoms with Gasteiger partial charge in [-0.2, -0.15) is 20.5 Å². The van der Waals surface area contributed by atoms with Gasteiger partial charge in [-0.15, -0.1) is 12.4 Å². The number of nitriles is 2. The minimum atomic E-state index is 0. The lowest BCUT2D eigenvalue weighted by molar-refractivity contribution is 0.345. The lowest BCUT2D eigenvalue weighted by atomic mass is 10.1. The van der Waals surface area contributed by atoms with Crippen LogP contribution in [0.2, 0.25) is 0 Å². The van der Waals surface area contributed by atoms with E-state index in [1.54, 1.807) is 61.7 Å². The topological polar surface area (TPSA) is 125 Å². The third-order valence-corrected chi connectivity index (χ3v) is 5.10. The summed E-state index contributed by atoms with van der Waals surface area (Å²) in [6.07, 6.45) is 0. The average Bonchev–Trinajstić information content (AvgIpc) is 2.88. The summed E-state index contributed by atoms with van der Waals surface area (Å²) in [7, 11) is 3.07. The Morgan fingerprint density at radius 2 is 1.58 bits per heavy atom. The Kier molecular flexibility index (Phi) is 8.35. The van der Waals surface area contributed by atoms with Crippen LogP contribution in [0.25, 0.3) is 10.8 Å². The second-order valence-corrected chi connectivity index (χ2v) is 7.35. The molecule has 0 bridgehead atoms. The second kappa shape index (κ2) is 11.6. The summed E-state index contributed by atoms with van der Waals surface area (Å²) in [6, 6.07) is 19.9. The summed E-state index contributed by atoms with van der Waals surface area (Å²) in [4.78, 5) is 8.99. The van der Waals surface area contributed by atoms with Gasteiger partial charge in [0.15, 0.2) is 11.5 Å². The zero-order valence-corrected chi connectivity index (χ0v) is 20.6. The van der Waals surface area contributed by atoms with Crippen LogP contribution in [-0.4, -0.2) is 30.7 Å². The number of aromatic nitrogens is 2. The first-order chi connectivity index (χ1) is 17.1. The van der Waals surface area contributed by atoms with Crippen LogP contribution in [0.15, 0.2) is 54.6 Å². The summed E-state index contributed by atoms with van der Waals surface area (Å²) >= 11 is 0. The predicted octanol–water partition coefficient (Wildman–Crippen LogP) is 5.78. The maximum Gasteiger partial charge on any atom is 0.232 e. The molecule has 0 saturated heterocycles. The van der Waals surface area contributed by atoms with E-state index >= 15 is 0 Å². The summed E-state index contributed by atoms with van der Waals surface area (Å²) < 4.78 is 17.5. The van der Waals surface area contributed by atoms with E-state index in [9.17, 15) is 5.26 Å². The van der Waals surface area contributed by atoms with Crippen molar-refractivity contribution in [2.45, 2.75) is 6.92 Å². The average molecular weight is 503 g/mol. The summed E-state index contributed by atoms with van der Waals surface area (Å²) in [5, 5.41) is 26.1. The number of nitrogens with zero attached hydrogens (tertiary/aromatic N) is 4. The van der Waals surface area contributed by atoms with Gasteiger partial charge in [-0.05, 0) is 60.8 Å². The standard InChI is InChI=1S/C26H22N6O3.ClH/c1-4-29-22-13-23(32-26(31-22)30-19-8-5-16(14-27)6-9-19)35-25-21(33-2)12-18-11-17(15-28)7-10-20(18)24(25)34-3;/h5-13H,4H2,1-3H3,(H2,29,30,31,32);1H. The molecule has 0 amide bonds. The quantitative estimate of drug-likeness (QED) is 0.308. The highest BCUT2D eigenvalue weighted by Gasteiger charge is 2.19. The Morgan fingerprint density at radius 3 is 2.22 bits per heavy atom. The Balaban J connectivity index is 0.00000361. The SMILES string of the molecule is CCNc1cc(Oc2c(OC)cc3cc(C#N)ccc3c2OC)nc(Nc2ccc(C#N)cc2)n1.Cl. The first-order valence-corrected chi connectivity index (χ1v) is 10.7. The molecule has 1 aromatic heterocycles. The van der Waals surface area contributed by atoms with Crippen LogP contribution < -0.4 is 24.8 Å². The number of benzene rings is 3. The van der Waals surface area contributed by atoms with Gasteiger partial charge < -0.3 is 24.8 Å². The van der Waals surface area contributed by atoms with Gasteiger partial charge in [-0.1, -0.05) is 0 Å². The van der Waals surface area contributed by atoms with Crippen molar-refractivity contribution in [1.82, 2.24) is 9.97 Å². The molecule has 9 nitrogen and oxygen atoms in total. The minimum absolute atomic E-state index is 0. The molecule has 2 N–H and O–H groups in total. The number of methoxy groups -OCH3 is 2. The summed E-state index contributed by atoms with van der Waals surface area (Å²) in [6.45, 7) is 2.61. The molecule has 0 aliphatic carbocycles. The van der Waals surface area contributed by atoms with E-state index in [1.165, 1.54) is 7.11 Å². The van der Waals surface area contributed by atoms with E-state index in [0.717, 1.165) is 16.5 Å². The normalized spacial score (nSPS) is 9.92.